The molecule has 1 atom stereocenters. The molecule has 0 spiro atoms. The smallest absolute Gasteiger partial charge is 0.173 e. The van der Waals surface area contributed by atoms with Crippen LogP contribution in [0.15, 0.2) is 56.9 Å². The molecule has 102 valence electrons. The Labute approximate surface area is 125 Å². The van der Waals surface area contributed by atoms with Crippen LogP contribution in [0.25, 0.3) is 0 Å². The highest BCUT2D eigenvalue weighted by Crippen LogP contribution is 2.40. The lowest BCUT2D eigenvalue weighted by Gasteiger charge is -2.23. The van der Waals surface area contributed by atoms with Crippen LogP contribution < -0.4 is 0 Å². The SMILES string of the molecule is O=C1CC(c2ccccc2)CC(O)=C1Sc1nccs1. The molecule has 0 fully saturated rings. The lowest BCUT2D eigenvalue weighted by atomic mass is 9.86. The molecule has 0 radical (unpaired) electrons. The molecule has 0 bridgehead atoms. The standard InChI is InChI=1S/C15H13NO2S2/c17-12-8-11(10-4-2-1-3-5-10)9-13(18)14(12)20-15-16-6-7-19-15/h1-7,11,17H,8-9H2. The summed E-state index contributed by atoms with van der Waals surface area (Å²) in [4.78, 5) is 16.8. The number of carbonyl (C=O) groups is 1. The molecule has 3 nitrogen and oxygen atoms in total. The largest absolute Gasteiger partial charge is 0.511 e. The summed E-state index contributed by atoms with van der Waals surface area (Å²) in [5.74, 6) is 0.266. The number of hydrogen-bond acceptors (Lipinski definition) is 5. The topological polar surface area (TPSA) is 50.2 Å². The quantitative estimate of drug-likeness (QED) is 0.925. The zero-order valence-electron chi connectivity index (χ0n) is 10.7. The third kappa shape index (κ3) is 2.78. The normalized spacial score (nSPS) is 19.4. The molecule has 0 amide bonds. The van der Waals surface area contributed by atoms with Crippen LogP contribution >= 0.6 is 23.1 Å². The van der Waals surface area contributed by atoms with E-state index in [1.807, 2.05) is 35.7 Å². The molecule has 1 aromatic carbocycles. The molecule has 0 saturated heterocycles. The van der Waals surface area contributed by atoms with Gasteiger partial charge in [-0.15, -0.1) is 11.3 Å². The van der Waals surface area contributed by atoms with Crippen LogP contribution in [0.2, 0.25) is 0 Å². The molecule has 20 heavy (non-hydrogen) atoms. The van der Waals surface area contributed by atoms with E-state index in [0.717, 1.165) is 9.90 Å². The van der Waals surface area contributed by atoms with Crippen LogP contribution in [0, 0.1) is 0 Å². The predicted octanol–water partition coefficient (Wildman–Crippen LogP) is 4.15. The number of rotatable bonds is 3. The summed E-state index contributed by atoms with van der Waals surface area (Å²) >= 11 is 2.74. The summed E-state index contributed by atoms with van der Waals surface area (Å²) in [6.07, 6.45) is 2.66. The van der Waals surface area contributed by atoms with Crippen molar-refractivity contribution in [3.63, 3.8) is 0 Å². The number of hydrogen-bond donors (Lipinski definition) is 1. The maximum absolute atomic E-state index is 12.3. The molecular weight excluding hydrogens is 290 g/mol. The number of benzene rings is 1. The Bertz CT molecular complexity index is 635. The van der Waals surface area contributed by atoms with Crippen LogP contribution in [0.4, 0.5) is 0 Å². The van der Waals surface area contributed by atoms with Crippen molar-refractivity contribution in [1.82, 2.24) is 4.98 Å². The fourth-order valence-electron chi connectivity index (χ4n) is 2.30. The first-order valence-corrected chi connectivity index (χ1v) is 8.01. The second kappa shape index (κ2) is 5.81. The number of aliphatic hydroxyl groups is 1. The molecular formula is C15H13NO2S2. The number of thioether (sulfide) groups is 1. The monoisotopic (exact) mass is 303 g/mol. The van der Waals surface area contributed by atoms with E-state index in [0.29, 0.717) is 17.7 Å². The summed E-state index contributed by atoms with van der Waals surface area (Å²) in [7, 11) is 0. The Kier molecular flexibility index (Phi) is 3.89. The minimum Gasteiger partial charge on any atom is -0.511 e. The van der Waals surface area contributed by atoms with Crippen molar-refractivity contribution in [2.75, 3.05) is 0 Å². The molecule has 1 aliphatic rings. The van der Waals surface area contributed by atoms with Gasteiger partial charge < -0.3 is 5.11 Å². The van der Waals surface area contributed by atoms with Crippen molar-refractivity contribution in [1.29, 1.82) is 0 Å². The molecule has 2 aromatic rings. The van der Waals surface area contributed by atoms with Crippen molar-refractivity contribution in [2.24, 2.45) is 0 Å². The van der Waals surface area contributed by atoms with E-state index < -0.39 is 0 Å². The van der Waals surface area contributed by atoms with Crippen LogP contribution in [-0.4, -0.2) is 15.9 Å². The Hall–Kier alpha value is -1.59. The van der Waals surface area contributed by atoms with E-state index in [1.165, 1.54) is 23.1 Å². The molecule has 5 heteroatoms. The van der Waals surface area contributed by atoms with Gasteiger partial charge in [-0.2, -0.15) is 0 Å². The van der Waals surface area contributed by atoms with E-state index >= 15 is 0 Å². The van der Waals surface area contributed by atoms with E-state index in [1.54, 1.807) is 6.20 Å². The number of nitrogens with zero attached hydrogens (tertiary/aromatic N) is 1. The van der Waals surface area contributed by atoms with Crippen molar-refractivity contribution < 1.29 is 9.90 Å². The lowest BCUT2D eigenvalue weighted by Crippen LogP contribution is -2.16. The maximum Gasteiger partial charge on any atom is 0.173 e. The molecule has 0 aliphatic heterocycles. The third-order valence-electron chi connectivity index (χ3n) is 3.26. The van der Waals surface area contributed by atoms with Crippen molar-refractivity contribution >= 4 is 28.9 Å². The van der Waals surface area contributed by atoms with Gasteiger partial charge in [0.2, 0.25) is 0 Å². The Morgan fingerprint density at radius 2 is 2.05 bits per heavy atom. The number of ketones is 1. The number of aromatic nitrogens is 1. The van der Waals surface area contributed by atoms with E-state index in [2.05, 4.69) is 4.98 Å². The number of aliphatic hydroxyl groups excluding tert-OH is 1. The van der Waals surface area contributed by atoms with Gasteiger partial charge in [0.05, 0.1) is 4.91 Å². The first-order valence-electron chi connectivity index (χ1n) is 6.31. The van der Waals surface area contributed by atoms with Gasteiger partial charge in [0, 0.05) is 24.4 Å². The first kappa shape index (κ1) is 13.4. The first-order chi connectivity index (χ1) is 9.74. The second-order valence-electron chi connectivity index (χ2n) is 4.61. The highest BCUT2D eigenvalue weighted by molar-refractivity contribution is 8.05. The van der Waals surface area contributed by atoms with Gasteiger partial charge in [0.1, 0.15) is 5.76 Å². The number of Topliss-reactive ketones (excluding diaryl/α,β-unsaturated/α-hetero) is 1. The Morgan fingerprint density at radius 3 is 2.70 bits per heavy atom. The third-order valence-corrected chi connectivity index (χ3v) is 5.31. The van der Waals surface area contributed by atoms with E-state index in [4.69, 9.17) is 0 Å². The molecule has 1 N–H and O–H groups in total. The average molecular weight is 303 g/mol. The summed E-state index contributed by atoms with van der Waals surface area (Å²) < 4.78 is 0.790. The number of carbonyl (C=O) groups excluding carboxylic acids is 1. The lowest BCUT2D eigenvalue weighted by molar-refractivity contribution is -0.115. The van der Waals surface area contributed by atoms with Crippen molar-refractivity contribution in [3.8, 4) is 0 Å². The number of thiazole rings is 1. The molecule has 1 heterocycles. The number of allylic oxidation sites excluding steroid dienone is 2. The highest BCUT2D eigenvalue weighted by atomic mass is 32.2. The van der Waals surface area contributed by atoms with Crippen LogP contribution in [0.5, 0.6) is 0 Å². The summed E-state index contributed by atoms with van der Waals surface area (Å²) in [5.41, 5.74) is 1.10. The van der Waals surface area contributed by atoms with Crippen LogP contribution in [0.1, 0.15) is 24.3 Å². The van der Waals surface area contributed by atoms with Gasteiger partial charge in [-0.3, -0.25) is 4.79 Å². The molecule has 0 saturated carbocycles. The van der Waals surface area contributed by atoms with Crippen LogP contribution in [-0.2, 0) is 4.79 Å². The summed E-state index contributed by atoms with van der Waals surface area (Å²) in [6.45, 7) is 0. The highest BCUT2D eigenvalue weighted by Gasteiger charge is 2.29. The predicted molar refractivity (Wildman–Crippen MR) is 81.0 cm³/mol. The van der Waals surface area contributed by atoms with Crippen LogP contribution in [0.3, 0.4) is 0 Å². The van der Waals surface area contributed by atoms with Gasteiger partial charge in [0.25, 0.3) is 0 Å². The van der Waals surface area contributed by atoms with Gasteiger partial charge in [-0.25, -0.2) is 4.98 Å². The van der Waals surface area contributed by atoms with Gasteiger partial charge >= 0.3 is 0 Å². The van der Waals surface area contributed by atoms with Gasteiger partial charge in [-0.05, 0) is 11.5 Å². The fourth-order valence-corrected chi connectivity index (χ4v) is 3.96. The van der Waals surface area contributed by atoms with Gasteiger partial charge in [-0.1, -0.05) is 42.1 Å². The Morgan fingerprint density at radius 1 is 1.25 bits per heavy atom. The van der Waals surface area contributed by atoms with E-state index in [-0.39, 0.29) is 17.5 Å². The molecule has 1 unspecified atom stereocenters. The minimum atomic E-state index is 0.00260. The van der Waals surface area contributed by atoms with Gasteiger partial charge in [0.15, 0.2) is 10.1 Å². The molecule has 3 rings (SSSR count). The van der Waals surface area contributed by atoms with Crippen molar-refractivity contribution in [2.45, 2.75) is 23.1 Å². The Balaban J connectivity index is 1.82. The maximum atomic E-state index is 12.3. The zero-order valence-corrected chi connectivity index (χ0v) is 12.3. The summed E-state index contributed by atoms with van der Waals surface area (Å²) in [5, 5.41) is 12.0. The second-order valence-corrected chi connectivity index (χ2v) is 6.77. The van der Waals surface area contributed by atoms with Crippen molar-refractivity contribution in [3.05, 3.63) is 58.1 Å². The average Bonchev–Trinajstić information content (AvgIpc) is 2.97. The summed E-state index contributed by atoms with van der Waals surface area (Å²) in [6, 6.07) is 9.88. The molecule has 1 aromatic heterocycles. The fraction of sp³-hybridized carbons (Fsp3) is 0.200. The minimum absolute atomic E-state index is 0.00260. The zero-order chi connectivity index (χ0) is 13.9. The molecule has 1 aliphatic carbocycles. The van der Waals surface area contributed by atoms with E-state index in [9.17, 15) is 9.90 Å².